The number of nitrogens with zero attached hydrogens (tertiary/aromatic N) is 1. The van der Waals surface area contributed by atoms with Crippen LogP contribution in [0, 0.1) is 0 Å². The predicted molar refractivity (Wildman–Crippen MR) is 91.2 cm³/mol. The van der Waals surface area contributed by atoms with Gasteiger partial charge in [-0.25, -0.2) is 9.78 Å². The third kappa shape index (κ3) is 4.77. The number of ether oxygens (including phenoxy) is 2. The van der Waals surface area contributed by atoms with Gasteiger partial charge in [0.15, 0.2) is 5.69 Å². The van der Waals surface area contributed by atoms with Gasteiger partial charge in [-0.05, 0) is 37.1 Å². The van der Waals surface area contributed by atoms with Gasteiger partial charge in [0, 0.05) is 17.6 Å². The minimum absolute atomic E-state index is 0.0120. The number of rotatable bonds is 7. The molecule has 0 saturated carbocycles. The summed E-state index contributed by atoms with van der Waals surface area (Å²) in [5.74, 6) is -0.636. The summed E-state index contributed by atoms with van der Waals surface area (Å²) in [6.45, 7) is 1.50. The number of carbonyl (C=O) groups is 2. The van der Waals surface area contributed by atoms with Crippen molar-refractivity contribution in [3.63, 3.8) is 0 Å². The molecule has 1 amide bonds. The van der Waals surface area contributed by atoms with Gasteiger partial charge >= 0.3 is 5.97 Å². The van der Waals surface area contributed by atoms with Crippen LogP contribution in [0.5, 0.6) is 5.75 Å². The van der Waals surface area contributed by atoms with E-state index in [-0.39, 0.29) is 24.2 Å². The highest BCUT2D eigenvalue weighted by Gasteiger charge is 2.16. The van der Waals surface area contributed by atoms with E-state index < -0.39 is 5.97 Å². The first kappa shape index (κ1) is 17.4. The second-order valence-electron chi connectivity index (χ2n) is 5.58. The molecule has 1 aromatic carbocycles. The SMILES string of the molecule is O=C(NCc1nc(C(=O)O)cs1)c1ccc(OC[C@H]2CCCO2)cc1. The summed E-state index contributed by atoms with van der Waals surface area (Å²) >= 11 is 1.20. The second kappa shape index (κ2) is 8.09. The Morgan fingerprint density at radius 1 is 1.36 bits per heavy atom. The Hall–Kier alpha value is -2.45. The number of aromatic carboxylic acids is 1. The molecule has 7 nitrogen and oxygen atoms in total. The number of nitrogens with one attached hydrogen (secondary N) is 1. The lowest BCUT2D eigenvalue weighted by Crippen LogP contribution is -2.22. The fourth-order valence-corrected chi connectivity index (χ4v) is 3.12. The molecule has 0 radical (unpaired) electrons. The average molecular weight is 362 g/mol. The molecule has 1 saturated heterocycles. The largest absolute Gasteiger partial charge is 0.491 e. The van der Waals surface area contributed by atoms with E-state index >= 15 is 0 Å². The molecule has 0 aliphatic carbocycles. The average Bonchev–Trinajstić information content (AvgIpc) is 3.30. The van der Waals surface area contributed by atoms with E-state index in [1.165, 1.54) is 16.7 Å². The number of hydrogen-bond acceptors (Lipinski definition) is 6. The maximum absolute atomic E-state index is 12.1. The third-order valence-corrected chi connectivity index (χ3v) is 4.60. The standard InChI is InChI=1S/C17H18N2O5S/c20-16(18-8-15-19-14(10-25-15)17(21)22)11-3-5-12(6-4-11)24-9-13-2-1-7-23-13/h3-6,10,13H,1-2,7-9H2,(H,18,20)(H,21,22)/t13-/m1/s1. The number of carboxylic acid groups (broad SMARTS) is 1. The van der Waals surface area contributed by atoms with Crippen LogP contribution in [0.2, 0.25) is 0 Å². The van der Waals surface area contributed by atoms with Crippen molar-refractivity contribution in [2.45, 2.75) is 25.5 Å². The predicted octanol–water partition coefficient (Wildman–Crippen LogP) is 2.33. The van der Waals surface area contributed by atoms with E-state index in [0.29, 0.717) is 22.9 Å². The van der Waals surface area contributed by atoms with E-state index in [1.54, 1.807) is 24.3 Å². The van der Waals surface area contributed by atoms with Crippen LogP contribution in [0.3, 0.4) is 0 Å². The quantitative estimate of drug-likeness (QED) is 0.784. The zero-order valence-electron chi connectivity index (χ0n) is 13.4. The molecule has 2 heterocycles. The Balaban J connectivity index is 1.48. The maximum atomic E-state index is 12.1. The van der Waals surface area contributed by atoms with Gasteiger partial charge in [-0.2, -0.15) is 0 Å². The highest BCUT2D eigenvalue weighted by atomic mass is 32.1. The molecule has 2 aromatic rings. The fourth-order valence-electron chi connectivity index (χ4n) is 2.42. The Morgan fingerprint density at radius 3 is 2.80 bits per heavy atom. The minimum atomic E-state index is -1.08. The van der Waals surface area contributed by atoms with Crippen LogP contribution in [0.25, 0.3) is 0 Å². The zero-order chi connectivity index (χ0) is 17.6. The van der Waals surface area contributed by atoms with Crippen molar-refractivity contribution in [1.29, 1.82) is 0 Å². The summed E-state index contributed by atoms with van der Waals surface area (Å²) < 4.78 is 11.2. The number of benzene rings is 1. The van der Waals surface area contributed by atoms with E-state index in [1.807, 2.05) is 0 Å². The molecule has 0 spiro atoms. The first-order valence-corrected chi connectivity index (χ1v) is 8.80. The minimum Gasteiger partial charge on any atom is -0.491 e. The molecule has 2 N–H and O–H groups in total. The van der Waals surface area contributed by atoms with Gasteiger partial charge in [0.05, 0.1) is 12.6 Å². The van der Waals surface area contributed by atoms with Crippen LogP contribution in [-0.4, -0.2) is 41.3 Å². The molecule has 1 fully saturated rings. The van der Waals surface area contributed by atoms with Crippen molar-refractivity contribution >= 4 is 23.2 Å². The topological polar surface area (TPSA) is 97.8 Å². The Labute approximate surface area is 148 Å². The first-order valence-electron chi connectivity index (χ1n) is 7.92. The Morgan fingerprint density at radius 2 is 2.16 bits per heavy atom. The molecule has 1 aliphatic rings. The van der Waals surface area contributed by atoms with Crippen molar-refractivity contribution in [3.8, 4) is 5.75 Å². The van der Waals surface area contributed by atoms with Crippen molar-refractivity contribution in [1.82, 2.24) is 10.3 Å². The van der Waals surface area contributed by atoms with Crippen molar-refractivity contribution in [3.05, 3.63) is 45.9 Å². The maximum Gasteiger partial charge on any atom is 0.355 e. The van der Waals surface area contributed by atoms with Crippen molar-refractivity contribution in [2.75, 3.05) is 13.2 Å². The van der Waals surface area contributed by atoms with Crippen LogP contribution in [-0.2, 0) is 11.3 Å². The van der Waals surface area contributed by atoms with Gasteiger partial charge in [0.25, 0.3) is 5.91 Å². The molecule has 3 rings (SSSR count). The van der Waals surface area contributed by atoms with E-state index in [2.05, 4.69) is 10.3 Å². The van der Waals surface area contributed by atoms with Crippen LogP contribution in [0.1, 0.15) is 38.7 Å². The van der Waals surface area contributed by atoms with Gasteiger partial charge in [-0.3, -0.25) is 4.79 Å². The lowest BCUT2D eigenvalue weighted by atomic mass is 10.2. The first-order chi connectivity index (χ1) is 12.1. The van der Waals surface area contributed by atoms with Gasteiger partial charge in [0.2, 0.25) is 0 Å². The smallest absolute Gasteiger partial charge is 0.355 e. The number of amides is 1. The Bertz CT molecular complexity index is 738. The normalized spacial score (nSPS) is 16.6. The van der Waals surface area contributed by atoms with Gasteiger partial charge < -0.3 is 19.9 Å². The van der Waals surface area contributed by atoms with Crippen LogP contribution in [0.4, 0.5) is 0 Å². The van der Waals surface area contributed by atoms with Gasteiger partial charge in [-0.15, -0.1) is 11.3 Å². The second-order valence-corrected chi connectivity index (χ2v) is 6.53. The molecule has 0 unspecified atom stereocenters. The number of hydrogen-bond donors (Lipinski definition) is 2. The summed E-state index contributed by atoms with van der Waals surface area (Å²) in [6, 6.07) is 6.86. The van der Waals surface area contributed by atoms with E-state index in [9.17, 15) is 9.59 Å². The molecule has 0 bridgehead atoms. The molecular weight excluding hydrogens is 344 g/mol. The molecule has 1 aliphatic heterocycles. The van der Waals surface area contributed by atoms with Crippen molar-refractivity contribution in [2.24, 2.45) is 0 Å². The van der Waals surface area contributed by atoms with E-state index in [0.717, 1.165) is 19.4 Å². The number of thiazole rings is 1. The number of aromatic nitrogens is 1. The lowest BCUT2D eigenvalue weighted by Gasteiger charge is -2.11. The van der Waals surface area contributed by atoms with Crippen LogP contribution < -0.4 is 10.1 Å². The van der Waals surface area contributed by atoms with Gasteiger partial charge in [-0.1, -0.05) is 0 Å². The summed E-state index contributed by atoms with van der Waals surface area (Å²) in [5, 5.41) is 13.5. The summed E-state index contributed by atoms with van der Waals surface area (Å²) in [6.07, 6.45) is 2.23. The Kier molecular flexibility index (Phi) is 5.62. The highest BCUT2D eigenvalue weighted by Crippen LogP contribution is 2.17. The molecule has 8 heteroatoms. The summed E-state index contributed by atoms with van der Waals surface area (Å²) in [4.78, 5) is 26.8. The highest BCUT2D eigenvalue weighted by molar-refractivity contribution is 7.09. The fraction of sp³-hybridized carbons (Fsp3) is 0.353. The molecule has 1 atom stereocenters. The van der Waals surface area contributed by atoms with Crippen molar-refractivity contribution < 1.29 is 24.2 Å². The lowest BCUT2D eigenvalue weighted by molar-refractivity contribution is 0.0679. The molecule has 25 heavy (non-hydrogen) atoms. The third-order valence-electron chi connectivity index (χ3n) is 3.75. The van der Waals surface area contributed by atoms with Crippen LogP contribution in [0.15, 0.2) is 29.6 Å². The molecule has 132 valence electrons. The molecule has 1 aromatic heterocycles. The monoisotopic (exact) mass is 362 g/mol. The number of carboxylic acids is 1. The summed E-state index contributed by atoms with van der Waals surface area (Å²) in [5.41, 5.74) is 0.487. The van der Waals surface area contributed by atoms with E-state index in [4.69, 9.17) is 14.6 Å². The summed E-state index contributed by atoms with van der Waals surface area (Å²) in [7, 11) is 0. The zero-order valence-corrected chi connectivity index (χ0v) is 14.3. The molecular formula is C17H18N2O5S. The number of carbonyl (C=O) groups excluding carboxylic acids is 1. The van der Waals surface area contributed by atoms with Crippen LogP contribution >= 0.6 is 11.3 Å². The van der Waals surface area contributed by atoms with Gasteiger partial charge in [0.1, 0.15) is 17.4 Å².